The minimum Gasteiger partial charge on any atom is -0.496 e. The van der Waals surface area contributed by atoms with Crippen LogP contribution in [0.15, 0.2) is 36.4 Å². The zero-order valence-corrected chi connectivity index (χ0v) is 14.8. The Hall–Kier alpha value is -0.900. The SMILES string of the molecule is CCOc1cc(Cl)c(C(Br)c2ccccc2OC)cc1Cl. The quantitative estimate of drug-likeness (QED) is 0.594. The number of benzene rings is 2. The summed E-state index contributed by atoms with van der Waals surface area (Å²) in [4.78, 5) is -0.116. The van der Waals surface area contributed by atoms with Gasteiger partial charge in [0.05, 0.1) is 23.6 Å². The van der Waals surface area contributed by atoms with E-state index in [0.717, 1.165) is 16.9 Å². The van der Waals surface area contributed by atoms with Gasteiger partial charge in [-0.25, -0.2) is 0 Å². The van der Waals surface area contributed by atoms with Crippen molar-refractivity contribution in [1.82, 2.24) is 0 Å². The van der Waals surface area contributed by atoms with E-state index in [2.05, 4.69) is 15.9 Å². The fraction of sp³-hybridized carbons (Fsp3) is 0.250. The van der Waals surface area contributed by atoms with E-state index in [9.17, 15) is 0 Å². The highest BCUT2D eigenvalue weighted by molar-refractivity contribution is 9.09. The first-order chi connectivity index (χ1) is 10.1. The number of para-hydroxylation sites is 1. The molecule has 5 heteroatoms. The minimum absolute atomic E-state index is 0.116. The molecule has 2 aromatic rings. The van der Waals surface area contributed by atoms with Crippen molar-refractivity contribution in [2.45, 2.75) is 11.8 Å². The molecule has 0 radical (unpaired) electrons. The minimum atomic E-state index is -0.116. The number of ether oxygens (including phenoxy) is 2. The van der Waals surface area contributed by atoms with Gasteiger partial charge in [0.2, 0.25) is 0 Å². The second-order valence-corrected chi connectivity index (χ2v) is 6.07. The molecule has 0 aromatic heterocycles. The van der Waals surface area contributed by atoms with Crippen LogP contribution >= 0.6 is 39.1 Å². The molecule has 112 valence electrons. The first kappa shape index (κ1) is 16.5. The molecule has 0 fully saturated rings. The molecule has 1 unspecified atom stereocenters. The summed E-state index contributed by atoms with van der Waals surface area (Å²) in [7, 11) is 1.64. The van der Waals surface area contributed by atoms with Crippen molar-refractivity contribution >= 4 is 39.1 Å². The van der Waals surface area contributed by atoms with Crippen LogP contribution < -0.4 is 9.47 Å². The molecule has 0 saturated heterocycles. The van der Waals surface area contributed by atoms with Gasteiger partial charge in [-0.1, -0.05) is 57.3 Å². The van der Waals surface area contributed by atoms with Crippen molar-refractivity contribution in [1.29, 1.82) is 0 Å². The Morgan fingerprint density at radius 2 is 1.76 bits per heavy atom. The molecule has 0 aliphatic heterocycles. The van der Waals surface area contributed by atoms with E-state index in [0.29, 0.717) is 22.4 Å². The third-order valence-electron chi connectivity index (χ3n) is 3.04. The number of halogens is 3. The van der Waals surface area contributed by atoms with Gasteiger partial charge in [-0.05, 0) is 24.6 Å². The van der Waals surface area contributed by atoms with Gasteiger partial charge in [-0.3, -0.25) is 0 Å². The van der Waals surface area contributed by atoms with Crippen molar-refractivity contribution in [3.8, 4) is 11.5 Å². The maximum Gasteiger partial charge on any atom is 0.139 e. The molecule has 0 saturated carbocycles. The largest absolute Gasteiger partial charge is 0.496 e. The maximum atomic E-state index is 6.37. The molecule has 21 heavy (non-hydrogen) atoms. The predicted molar refractivity (Wildman–Crippen MR) is 91.4 cm³/mol. The van der Waals surface area contributed by atoms with Crippen LogP contribution in [0.5, 0.6) is 11.5 Å². The normalized spacial score (nSPS) is 12.0. The average Bonchev–Trinajstić information content (AvgIpc) is 2.50. The van der Waals surface area contributed by atoms with Crippen molar-refractivity contribution in [2.24, 2.45) is 0 Å². The highest BCUT2D eigenvalue weighted by Gasteiger charge is 2.19. The van der Waals surface area contributed by atoms with E-state index in [-0.39, 0.29) is 4.83 Å². The van der Waals surface area contributed by atoms with E-state index >= 15 is 0 Å². The van der Waals surface area contributed by atoms with Crippen molar-refractivity contribution in [2.75, 3.05) is 13.7 Å². The van der Waals surface area contributed by atoms with Crippen molar-refractivity contribution in [3.05, 3.63) is 57.6 Å². The third-order valence-corrected chi connectivity index (χ3v) is 4.65. The zero-order valence-electron chi connectivity index (χ0n) is 11.7. The predicted octanol–water partition coefficient (Wildman–Crippen LogP) is 5.89. The lowest BCUT2D eigenvalue weighted by Gasteiger charge is -2.17. The van der Waals surface area contributed by atoms with Gasteiger partial charge in [0.1, 0.15) is 11.5 Å². The molecule has 1 atom stereocenters. The van der Waals surface area contributed by atoms with E-state index in [1.807, 2.05) is 37.3 Å². The smallest absolute Gasteiger partial charge is 0.139 e. The molecule has 2 aromatic carbocycles. The lowest BCUT2D eigenvalue weighted by molar-refractivity contribution is 0.340. The van der Waals surface area contributed by atoms with Gasteiger partial charge in [0.25, 0.3) is 0 Å². The lowest BCUT2D eigenvalue weighted by Crippen LogP contribution is -1.99. The monoisotopic (exact) mass is 388 g/mol. The summed E-state index contributed by atoms with van der Waals surface area (Å²) in [5, 5.41) is 1.13. The maximum absolute atomic E-state index is 6.37. The van der Waals surface area contributed by atoms with E-state index in [1.165, 1.54) is 0 Å². The van der Waals surface area contributed by atoms with Crippen LogP contribution in [0.25, 0.3) is 0 Å². The Labute approximate surface area is 143 Å². The number of alkyl halides is 1. The Morgan fingerprint density at radius 3 is 2.43 bits per heavy atom. The summed E-state index contributed by atoms with van der Waals surface area (Å²) in [6, 6.07) is 11.3. The standard InChI is InChI=1S/C16H15BrCl2O2/c1-3-21-15-9-12(18)11(8-13(15)19)16(17)10-6-4-5-7-14(10)20-2/h4-9,16H,3H2,1-2H3. The van der Waals surface area contributed by atoms with Crippen LogP contribution in [-0.2, 0) is 0 Å². The van der Waals surface area contributed by atoms with E-state index in [1.54, 1.807) is 13.2 Å². The molecule has 0 aliphatic carbocycles. The van der Waals surface area contributed by atoms with Crippen molar-refractivity contribution in [3.63, 3.8) is 0 Å². The molecular formula is C16H15BrCl2O2. The van der Waals surface area contributed by atoms with Crippen LogP contribution in [-0.4, -0.2) is 13.7 Å². The van der Waals surface area contributed by atoms with Crippen LogP contribution in [0.4, 0.5) is 0 Å². The van der Waals surface area contributed by atoms with Gasteiger partial charge < -0.3 is 9.47 Å². The van der Waals surface area contributed by atoms with Gasteiger partial charge in [0, 0.05) is 16.7 Å². The Kier molecular flexibility index (Phi) is 5.80. The molecule has 2 nitrogen and oxygen atoms in total. The molecule has 0 spiro atoms. The summed E-state index contributed by atoms with van der Waals surface area (Å²) < 4.78 is 10.8. The van der Waals surface area contributed by atoms with Crippen LogP contribution in [0.3, 0.4) is 0 Å². The van der Waals surface area contributed by atoms with E-state index < -0.39 is 0 Å². The number of methoxy groups -OCH3 is 1. The van der Waals surface area contributed by atoms with Crippen LogP contribution in [0.2, 0.25) is 10.0 Å². The highest BCUT2D eigenvalue weighted by atomic mass is 79.9. The van der Waals surface area contributed by atoms with Gasteiger partial charge in [0.15, 0.2) is 0 Å². The van der Waals surface area contributed by atoms with E-state index in [4.69, 9.17) is 32.7 Å². The molecule has 0 aliphatic rings. The molecule has 2 rings (SSSR count). The second-order valence-electron chi connectivity index (χ2n) is 4.34. The summed E-state index contributed by atoms with van der Waals surface area (Å²) in [6.45, 7) is 2.44. The fourth-order valence-electron chi connectivity index (χ4n) is 2.05. The van der Waals surface area contributed by atoms with Crippen molar-refractivity contribution < 1.29 is 9.47 Å². The first-order valence-corrected chi connectivity index (χ1v) is 8.14. The zero-order chi connectivity index (χ0) is 15.4. The lowest BCUT2D eigenvalue weighted by atomic mass is 10.0. The topological polar surface area (TPSA) is 18.5 Å². The molecule has 0 bridgehead atoms. The van der Waals surface area contributed by atoms with Gasteiger partial charge in [-0.2, -0.15) is 0 Å². The molecule has 0 heterocycles. The molecular weight excluding hydrogens is 375 g/mol. The number of rotatable bonds is 5. The van der Waals surface area contributed by atoms with Crippen LogP contribution in [0.1, 0.15) is 22.9 Å². The summed E-state index contributed by atoms with van der Waals surface area (Å²) in [6.07, 6.45) is 0. The highest BCUT2D eigenvalue weighted by Crippen LogP contribution is 2.42. The number of hydrogen-bond acceptors (Lipinski definition) is 2. The van der Waals surface area contributed by atoms with Gasteiger partial charge in [-0.15, -0.1) is 0 Å². The fourth-order valence-corrected chi connectivity index (χ4v) is 3.43. The number of hydrogen-bond donors (Lipinski definition) is 0. The Bertz CT molecular complexity index is 632. The third kappa shape index (κ3) is 3.65. The Morgan fingerprint density at radius 1 is 1.05 bits per heavy atom. The average molecular weight is 390 g/mol. The Balaban J connectivity index is 2.44. The molecule has 0 N–H and O–H groups in total. The summed E-state index contributed by atoms with van der Waals surface area (Å²) in [5.41, 5.74) is 1.86. The van der Waals surface area contributed by atoms with Gasteiger partial charge >= 0.3 is 0 Å². The summed E-state index contributed by atoms with van der Waals surface area (Å²) in [5.74, 6) is 1.38. The van der Waals surface area contributed by atoms with Crippen LogP contribution in [0, 0.1) is 0 Å². The first-order valence-electron chi connectivity index (χ1n) is 6.47. The summed E-state index contributed by atoms with van der Waals surface area (Å²) >= 11 is 16.3. The second kappa shape index (κ2) is 7.39. The molecule has 0 amide bonds.